The topological polar surface area (TPSA) is 29.5 Å². The smallest absolute Gasteiger partial charge is 0.414 e. The van der Waals surface area contributed by atoms with E-state index < -0.39 is 5.60 Å². The molecular formula is C15H20BrNO2. The highest BCUT2D eigenvalue weighted by atomic mass is 79.9. The van der Waals surface area contributed by atoms with Crippen molar-refractivity contribution < 1.29 is 9.53 Å². The molecule has 1 aromatic rings. The maximum Gasteiger partial charge on any atom is 0.414 e. The third kappa shape index (κ3) is 3.30. The van der Waals surface area contributed by atoms with Crippen LogP contribution in [0.1, 0.15) is 38.3 Å². The maximum atomic E-state index is 12.3. The summed E-state index contributed by atoms with van der Waals surface area (Å²) in [4.78, 5) is 14.0. The number of halogens is 1. The molecule has 1 aromatic carbocycles. The summed E-state index contributed by atoms with van der Waals surface area (Å²) in [5, 5.41) is 0. The molecule has 4 heteroatoms. The lowest BCUT2D eigenvalue weighted by molar-refractivity contribution is 0.0578. The molecule has 0 atom stereocenters. The van der Waals surface area contributed by atoms with Crippen LogP contribution in [0.25, 0.3) is 0 Å². The van der Waals surface area contributed by atoms with Gasteiger partial charge in [-0.05, 0) is 57.7 Å². The molecule has 0 fully saturated rings. The Morgan fingerprint density at radius 1 is 1.37 bits per heavy atom. The number of carbonyl (C=O) groups excluding carboxylic acids is 1. The Morgan fingerprint density at radius 3 is 2.68 bits per heavy atom. The zero-order valence-electron chi connectivity index (χ0n) is 11.9. The number of benzene rings is 1. The number of rotatable bonds is 0. The Hall–Kier alpha value is -1.03. The van der Waals surface area contributed by atoms with Gasteiger partial charge in [-0.25, -0.2) is 4.79 Å². The summed E-state index contributed by atoms with van der Waals surface area (Å²) >= 11 is 3.53. The average molecular weight is 326 g/mol. The van der Waals surface area contributed by atoms with Crippen molar-refractivity contribution in [3.05, 3.63) is 27.7 Å². The molecule has 104 valence electrons. The molecular weight excluding hydrogens is 306 g/mol. The molecule has 19 heavy (non-hydrogen) atoms. The molecule has 0 unspecified atom stereocenters. The molecule has 1 heterocycles. The standard InChI is InChI=1S/C15H20BrNO2/c1-10-8-11-6-5-7-17(13(11)9-12(10)16)14(18)19-15(2,3)4/h8-9H,5-7H2,1-4H3. The van der Waals surface area contributed by atoms with Gasteiger partial charge in [0.15, 0.2) is 0 Å². The van der Waals surface area contributed by atoms with Gasteiger partial charge < -0.3 is 4.74 Å². The summed E-state index contributed by atoms with van der Waals surface area (Å²) in [6, 6.07) is 4.17. The Kier molecular flexibility index (Phi) is 3.90. The minimum atomic E-state index is -0.462. The van der Waals surface area contributed by atoms with Gasteiger partial charge in [0, 0.05) is 11.0 Å². The van der Waals surface area contributed by atoms with E-state index in [0.717, 1.165) is 29.5 Å². The van der Waals surface area contributed by atoms with Crippen molar-refractivity contribution in [2.75, 3.05) is 11.4 Å². The van der Waals surface area contributed by atoms with Gasteiger partial charge in [0.2, 0.25) is 0 Å². The van der Waals surface area contributed by atoms with Crippen LogP contribution in [-0.4, -0.2) is 18.2 Å². The van der Waals surface area contributed by atoms with Crippen LogP contribution in [-0.2, 0) is 11.2 Å². The van der Waals surface area contributed by atoms with E-state index >= 15 is 0 Å². The Balaban J connectivity index is 2.32. The van der Waals surface area contributed by atoms with Crippen LogP contribution in [0.15, 0.2) is 16.6 Å². The number of hydrogen-bond donors (Lipinski definition) is 0. The Morgan fingerprint density at radius 2 is 2.05 bits per heavy atom. The quantitative estimate of drug-likeness (QED) is 0.705. The predicted molar refractivity (Wildman–Crippen MR) is 80.8 cm³/mol. The number of ether oxygens (including phenoxy) is 1. The van der Waals surface area contributed by atoms with E-state index in [1.807, 2.05) is 26.8 Å². The highest BCUT2D eigenvalue weighted by molar-refractivity contribution is 9.10. The van der Waals surface area contributed by atoms with Gasteiger partial charge >= 0.3 is 6.09 Å². The van der Waals surface area contributed by atoms with Crippen LogP contribution < -0.4 is 4.90 Å². The van der Waals surface area contributed by atoms with Crippen LogP contribution in [0.2, 0.25) is 0 Å². The van der Waals surface area contributed by atoms with Crippen molar-refractivity contribution in [1.82, 2.24) is 0 Å². The van der Waals surface area contributed by atoms with Gasteiger partial charge in [0.05, 0.1) is 5.69 Å². The van der Waals surface area contributed by atoms with Gasteiger partial charge in [0.1, 0.15) is 5.60 Å². The first kappa shape index (κ1) is 14.4. The fourth-order valence-corrected chi connectivity index (χ4v) is 2.57. The number of nitrogens with zero attached hydrogens (tertiary/aromatic N) is 1. The van der Waals surface area contributed by atoms with Crippen LogP contribution in [0.3, 0.4) is 0 Å². The number of amides is 1. The summed E-state index contributed by atoms with van der Waals surface area (Å²) < 4.78 is 6.51. The summed E-state index contributed by atoms with van der Waals surface area (Å²) in [5.74, 6) is 0. The first-order valence-electron chi connectivity index (χ1n) is 6.57. The first-order chi connectivity index (χ1) is 8.78. The van der Waals surface area contributed by atoms with Crippen LogP contribution in [0.5, 0.6) is 0 Å². The minimum Gasteiger partial charge on any atom is -0.443 e. The van der Waals surface area contributed by atoms with Gasteiger partial charge in [-0.2, -0.15) is 0 Å². The molecule has 0 radical (unpaired) electrons. The lowest BCUT2D eigenvalue weighted by Crippen LogP contribution is -2.39. The molecule has 0 N–H and O–H groups in total. The lowest BCUT2D eigenvalue weighted by Gasteiger charge is -2.32. The van der Waals surface area contributed by atoms with E-state index in [9.17, 15) is 4.79 Å². The minimum absolute atomic E-state index is 0.260. The summed E-state index contributed by atoms with van der Waals surface area (Å²) in [6.45, 7) is 8.46. The van der Waals surface area contributed by atoms with E-state index in [2.05, 4.69) is 28.9 Å². The monoisotopic (exact) mass is 325 g/mol. The molecule has 0 spiro atoms. The van der Waals surface area contributed by atoms with Gasteiger partial charge in [-0.3, -0.25) is 4.90 Å². The zero-order valence-corrected chi connectivity index (χ0v) is 13.5. The zero-order chi connectivity index (χ0) is 14.2. The normalized spacial score (nSPS) is 15.1. The van der Waals surface area contributed by atoms with E-state index in [1.165, 1.54) is 11.1 Å². The molecule has 1 aliphatic heterocycles. The molecule has 0 saturated heterocycles. The predicted octanol–water partition coefficient (Wildman–Crippen LogP) is 4.45. The van der Waals surface area contributed by atoms with E-state index in [-0.39, 0.29) is 6.09 Å². The highest BCUT2D eigenvalue weighted by Crippen LogP contribution is 2.33. The third-order valence-corrected chi connectivity index (χ3v) is 3.95. The fraction of sp³-hybridized carbons (Fsp3) is 0.533. The van der Waals surface area contributed by atoms with Crippen molar-refractivity contribution >= 4 is 27.7 Å². The summed E-state index contributed by atoms with van der Waals surface area (Å²) in [7, 11) is 0. The second kappa shape index (κ2) is 5.16. The van der Waals surface area contributed by atoms with Crippen molar-refractivity contribution in [2.45, 2.75) is 46.1 Å². The molecule has 0 aliphatic carbocycles. The van der Waals surface area contributed by atoms with Gasteiger partial charge in [-0.1, -0.05) is 22.0 Å². The number of carbonyl (C=O) groups is 1. The number of aryl methyl sites for hydroxylation is 2. The van der Waals surface area contributed by atoms with Gasteiger partial charge in [-0.15, -0.1) is 0 Å². The summed E-state index contributed by atoms with van der Waals surface area (Å²) in [5.41, 5.74) is 2.93. The highest BCUT2D eigenvalue weighted by Gasteiger charge is 2.27. The maximum absolute atomic E-state index is 12.3. The molecule has 0 aromatic heterocycles. The van der Waals surface area contributed by atoms with Crippen LogP contribution in [0.4, 0.5) is 10.5 Å². The Bertz CT molecular complexity index is 506. The third-order valence-electron chi connectivity index (χ3n) is 3.09. The number of anilines is 1. The largest absolute Gasteiger partial charge is 0.443 e. The van der Waals surface area contributed by atoms with Crippen LogP contribution in [0, 0.1) is 6.92 Å². The number of fused-ring (bicyclic) bond motifs is 1. The average Bonchev–Trinajstić information content (AvgIpc) is 2.27. The molecule has 0 saturated carbocycles. The molecule has 0 bridgehead atoms. The molecule has 1 aliphatic rings. The van der Waals surface area contributed by atoms with E-state index in [4.69, 9.17) is 4.74 Å². The summed E-state index contributed by atoms with van der Waals surface area (Å²) in [6.07, 6.45) is 1.74. The Labute approximate surface area is 123 Å². The molecule has 2 rings (SSSR count). The van der Waals surface area contributed by atoms with E-state index in [1.54, 1.807) is 4.90 Å². The first-order valence-corrected chi connectivity index (χ1v) is 7.37. The lowest BCUT2D eigenvalue weighted by atomic mass is 10.00. The van der Waals surface area contributed by atoms with Crippen molar-refractivity contribution in [3.8, 4) is 0 Å². The van der Waals surface area contributed by atoms with Crippen molar-refractivity contribution in [2.24, 2.45) is 0 Å². The number of hydrogen-bond acceptors (Lipinski definition) is 2. The SMILES string of the molecule is Cc1cc2c(cc1Br)N(C(=O)OC(C)(C)C)CCC2. The second-order valence-electron chi connectivity index (χ2n) is 5.97. The van der Waals surface area contributed by atoms with Crippen molar-refractivity contribution in [3.63, 3.8) is 0 Å². The van der Waals surface area contributed by atoms with Crippen LogP contribution >= 0.6 is 15.9 Å². The molecule has 1 amide bonds. The van der Waals surface area contributed by atoms with E-state index in [0.29, 0.717) is 0 Å². The fourth-order valence-electron chi connectivity index (χ4n) is 2.24. The van der Waals surface area contributed by atoms with Gasteiger partial charge in [0.25, 0.3) is 0 Å². The van der Waals surface area contributed by atoms with Crippen molar-refractivity contribution in [1.29, 1.82) is 0 Å². The molecule has 3 nitrogen and oxygen atoms in total. The second-order valence-corrected chi connectivity index (χ2v) is 6.82.